The first-order valence-electron chi connectivity index (χ1n) is 7.27. The van der Waals surface area contributed by atoms with Crippen LogP contribution in [0.25, 0.3) is 0 Å². The van der Waals surface area contributed by atoms with Gasteiger partial charge in [0.1, 0.15) is 11.5 Å². The molecule has 0 aromatic heterocycles. The summed E-state index contributed by atoms with van der Waals surface area (Å²) in [5.41, 5.74) is 1.36. The molecular formula is C16H23NO2. The van der Waals surface area contributed by atoms with E-state index in [1.807, 2.05) is 6.07 Å². The molecule has 0 radical (unpaired) electrons. The Hall–Kier alpha value is -1.22. The summed E-state index contributed by atoms with van der Waals surface area (Å²) in [6.45, 7) is 2.44. The van der Waals surface area contributed by atoms with E-state index in [9.17, 15) is 0 Å². The first kappa shape index (κ1) is 12.8. The maximum absolute atomic E-state index is 5.37. The van der Waals surface area contributed by atoms with Gasteiger partial charge in [-0.25, -0.2) is 0 Å². The van der Waals surface area contributed by atoms with Crippen LogP contribution in [0.15, 0.2) is 18.2 Å². The third-order valence-electron chi connectivity index (χ3n) is 4.66. The van der Waals surface area contributed by atoms with E-state index in [1.165, 1.54) is 44.3 Å². The van der Waals surface area contributed by atoms with E-state index >= 15 is 0 Å². The van der Waals surface area contributed by atoms with E-state index in [1.54, 1.807) is 14.2 Å². The van der Waals surface area contributed by atoms with Crippen LogP contribution >= 0.6 is 0 Å². The first-order chi connectivity index (χ1) is 9.30. The smallest absolute Gasteiger partial charge is 0.122 e. The molecule has 0 amide bonds. The maximum atomic E-state index is 5.37. The van der Waals surface area contributed by atoms with Crippen molar-refractivity contribution in [1.82, 2.24) is 4.90 Å². The van der Waals surface area contributed by atoms with Gasteiger partial charge >= 0.3 is 0 Å². The van der Waals surface area contributed by atoms with E-state index in [0.717, 1.165) is 17.5 Å². The second-order valence-electron chi connectivity index (χ2n) is 5.71. The van der Waals surface area contributed by atoms with E-state index in [4.69, 9.17) is 9.47 Å². The molecular weight excluding hydrogens is 238 g/mol. The topological polar surface area (TPSA) is 21.7 Å². The summed E-state index contributed by atoms with van der Waals surface area (Å²) in [6.07, 6.45) is 5.47. The fourth-order valence-corrected chi connectivity index (χ4v) is 3.21. The molecule has 1 aliphatic heterocycles. The Labute approximate surface area is 115 Å². The summed E-state index contributed by atoms with van der Waals surface area (Å²) in [6, 6.07) is 7.13. The predicted octanol–water partition coefficient (Wildman–Crippen LogP) is 3.05. The fourth-order valence-electron chi connectivity index (χ4n) is 3.21. The molecule has 3 heteroatoms. The Morgan fingerprint density at radius 3 is 2.21 bits per heavy atom. The summed E-state index contributed by atoms with van der Waals surface area (Å²) >= 11 is 0. The lowest BCUT2D eigenvalue weighted by Gasteiger charge is -2.34. The van der Waals surface area contributed by atoms with Crippen molar-refractivity contribution in [2.45, 2.75) is 37.6 Å². The number of benzene rings is 1. The largest absolute Gasteiger partial charge is 0.497 e. The molecule has 3 rings (SSSR count). The molecule has 3 nitrogen and oxygen atoms in total. The number of hydrogen-bond acceptors (Lipinski definition) is 3. The zero-order valence-electron chi connectivity index (χ0n) is 11.9. The van der Waals surface area contributed by atoms with Gasteiger partial charge in [0.05, 0.1) is 14.2 Å². The molecule has 1 saturated heterocycles. The van der Waals surface area contributed by atoms with Gasteiger partial charge in [-0.1, -0.05) is 6.42 Å². The van der Waals surface area contributed by atoms with Crippen LogP contribution in [0.1, 0.15) is 37.2 Å². The van der Waals surface area contributed by atoms with Crippen LogP contribution in [-0.2, 0) is 0 Å². The van der Waals surface area contributed by atoms with Gasteiger partial charge in [-0.3, -0.25) is 4.90 Å². The predicted molar refractivity (Wildman–Crippen MR) is 76.1 cm³/mol. The summed E-state index contributed by atoms with van der Waals surface area (Å²) in [5.74, 6) is 2.43. The van der Waals surface area contributed by atoms with Gasteiger partial charge in [0.2, 0.25) is 0 Å². The van der Waals surface area contributed by atoms with Crippen molar-refractivity contribution in [3.05, 3.63) is 23.8 Å². The molecule has 1 aliphatic carbocycles. The van der Waals surface area contributed by atoms with Crippen LogP contribution in [0.4, 0.5) is 0 Å². The van der Waals surface area contributed by atoms with E-state index in [0.29, 0.717) is 5.92 Å². The van der Waals surface area contributed by atoms with Crippen LogP contribution in [0.3, 0.4) is 0 Å². The number of nitrogens with zero attached hydrogens (tertiary/aromatic N) is 1. The minimum atomic E-state index is 0.629. The van der Waals surface area contributed by atoms with Gasteiger partial charge in [0.15, 0.2) is 0 Å². The van der Waals surface area contributed by atoms with E-state index in [2.05, 4.69) is 17.0 Å². The normalized spacial score (nSPS) is 24.2. The summed E-state index contributed by atoms with van der Waals surface area (Å²) in [4.78, 5) is 2.67. The lowest BCUT2D eigenvalue weighted by atomic mass is 9.91. The van der Waals surface area contributed by atoms with Crippen molar-refractivity contribution in [3.63, 3.8) is 0 Å². The summed E-state index contributed by atoms with van der Waals surface area (Å²) in [7, 11) is 3.43. The van der Waals surface area contributed by atoms with Gasteiger partial charge in [-0.2, -0.15) is 0 Å². The van der Waals surface area contributed by atoms with Crippen molar-refractivity contribution in [2.24, 2.45) is 0 Å². The molecule has 0 bridgehead atoms. The highest BCUT2D eigenvalue weighted by Gasteiger charge is 2.32. The summed E-state index contributed by atoms with van der Waals surface area (Å²) < 4.78 is 10.7. The van der Waals surface area contributed by atoms with Crippen molar-refractivity contribution in [2.75, 3.05) is 27.3 Å². The highest BCUT2D eigenvalue weighted by molar-refractivity contribution is 5.40. The minimum Gasteiger partial charge on any atom is -0.497 e. The van der Waals surface area contributed by atoms with Gasteiger partial charge in [-0.15, -0.1) is 0 Å². The molecule has 1 aromatic rings. The average molecular weight is 261 g/mol. The second-order valence-corrected chi connectivity index (χ2v) is 5.71. The molecule has 1 heterocycles. The molecule has 0 N–H and O–H groups in total. The molecule has 19 heavy (non-hydrogen) atoms. The molecule has 0 spiro atoms. The average Bonchev–Trinajstić information content (AvgIpc) is 2.85. The Morgan fingerprint density at radius 1 is 1.00 bits per heavy atom. The lowest BCUT2D eigenvalue weighted by molar-refractivity contribution is 0.157. The van der Waals surface area contributed by atoms with Gasteiger partial charge in [0.25, 0.3) is 0 Å². The Kier molecular flexibility index (Phi) is 3.65. The Morgan fingerprint density at radius 2 is 1.68 bits per heavy atom. The van der Waals surface area contributed by atoms with E-state index < -0.39 is 0 Å². The Bertz CT molecular complexity index is 420. The zero-order valence-corrected chi connectivity index (χ0v) is 11.9. The van der Waals surface area contributed by atoms with Crippen molar-refractivity contribution in [1.29, 1.82) is 0 Å². The van der Waals surface area contributed by atoms with Gasteiger partial charge in [-0.05, 0) is 49.4 Å². The molecule has 2 fully saturated rings. The van der Waals surface area contributed by atoms with Crippen molar-refractivity contribution < 1.29 is 9.47 Å². The van der Waals surface area contributed by atoms with Crippen LogP contribution in [0.2, 0.25) is 0 Å². The highest BCUT2D eigenvalue weighted by atomic mass is 16.5. The monoisotopic (exact) mass is 261 g/mol. The van der Waals surface area contributed by atoms with Crippen molar-refractivity contribution in [3.8, 4) is 11.5 Å². The van der Waals surface area contributed by atoms with Crippen LogP contribution < -0.4 is 9.47 Å². The number of methoxy groups -OCH3 is 2. The van der Waals surface area contributed by atoms with Crippen LogP contribution in [0.5, 0.6) is 11.5 Å². The van der Waals surface area contributed by atoms with Crippen LogP contribution in [-0.4, -0.2) is 38.3 Å². The number of ether oxygens (including phenoxy) is 2. The number of hydrogen-bond donors (Lipinski definition) is 0. The third-order valence-corrected chi connectivity index (χ3v) is 4.66. The standard InChI is InChI=1S/C16H23NO2/c1-18-15-8-13(9-16(10-15)19-2)12-6-7-17(11-12)14-4-3-5-14/h8-10,12,14H,3-7,11H2,1-2H3. The lowest BCUT2D eigenvalue weighted by Crippen LogP contribution is -2.38. The molecule has 1 unspecified atom stereocenters. The maximum Gasteiger partial charge on any atom is 0.122 e. The first-order valence-corrected chi connectivity index (χ1v) is 7.27. The molecule has 104 valence electrons. The van der Waals surface area contributed by atoms with Gasteiger partial charge in [0, 0.05) is 18.7 Å². The fraction of sp³-hybridized carbons (Fsp3) is 0.625. The quantitative estimate of drug-likeness (QED) is 0.831. The second kappa shape index (κ2) is 5.41. The van der Waals surface area contributed by atoms with Crippen LogP contribution in [0, 0.1) is 0 Å². The number of rotatable bonds is 4. The van der Waals surface area contributed by atoms with Gasteiger partial charge < -0.3 is 9.47 Å². The third kappa shape index (κ3) is 2.57. The zero-order chi connectivity index (χ0) is 13.2. The number of likely N-dealkylation sites (tertiary alicyclic amines) is 1. The minimum absolute atomic E-state index is 0.629. The highest BCUT2D eigenvalue weighted by Crippen LogP contribution is 2.36. The molecule has 1 aromatic carbocycles. The molecule has 2 aliphatic rings. The SMILES string of the molecule is COc1cc(OC)cc(C2CCN(C3CCC3)C2)c1. The summed E-state index contributed by atoms with van der Waals surface area (Å²) in [5, 5.41) is 0. The Balaban J connectivity index is 1.74. The molecule has 1 atom stereocenters. The van der Waals surface area contributed by atoms with E-state index in [-0.39, 0.29) is 0 Å². The van der Waals surface area contributed by atoms with Crippen molar-refractivity contribution >= 4 is 0 Å². The molecule has 1 saturated carbocycles.